The number of carbonyl (C=O) groups is 1. The number of benzene rings is 2. The molecule has 0 aliphatic heterocycles. The van der Waals surface area contributed by atoms with Crippen LogP contribution in [0, 0.1) is 0 Å². The number of anilines is 3. The number of hydrogen-bond acceptors (Lipinski definition) is 8. The van der Waals surface area contributed by atoms with Crippen LogP contribution in [0.15, 0.2) is 61.2 Å². The van der Waals surface area contributed by atoms with Crippen molar-refractivity contribution in [3.63, 3.8) is 0 Å². The van der Waals surface area contributed by atoms with E-state index in [0.29, 0.717) is 46.0 Å². The number of nitrogens with one attached hydrogen (secondary N) is 2. The number of aromatic nitrogens is 4. The quantitative estimate of drug-likeness (QED) is 0.350. The molecule has 0 bridgehead atoms. The van der Waals surface area contributed by atoms with Crippen LogP contribution in [0.2, 0.25) is 0 Å². The third kappa shape index (κ3) is 4.92. The highest BCUT2D eigenvalue weighted by Crippen LogP contribution is 2.34. The molecule has 1 amide bonds. The van der Waals surface area contributed by atoms with Gasteiger partial charge in [0.25, 0.3) is 5.91 Å². The molecule has 32 heavy (non-hydrogen) atoms. The van der Waals surface area contributed by atoms with Crippen molar-refractivity contribution in [3.05, 3.63) is 66.7 Å². The molecule has 0 radical (unpaired) electrons. The lowest BCUT2D eigenvalue weighted by atomic mass is 10.2. The van der Waals surface area contributed by atoms with Gasteiger partial charge in [-0.2, -0.15) is 0 Å². The first-order valence-electron chi connectivity index (χ1n) is 9.65. The molecular formula is C22H19BrN6O3. The van der Waals surface area contributed by atoms with Crippen LogP contribution in [-0.4, -0.2) is 44.9 Å². The van der Waals surface area contributed by atoms with Gasteiger partial charge in [-0.3, -0.25) is 10.1 Å². The number of ether oxygens (including phenoxy) is 2. The molecule has 4 aromatic rings. The maximum atomic E-state index is 12.2. The van der Waals surface area contributed by atoms with Crippen LogP contribution in [0.4, 0.5) is 17.5 Å². The van der Waals surface area contributed by atoms with Crippen LogP contribution in [-0.2, 0) is 0 Å². The zero-order valence-electron chi connectivity index (χ0n) is 17.1. The van der Waals surface area contributed by atoms with Gasteiger partial charge in [0.2, 0.25) is 5.95 Å². The van der Waals surface area contributed by atoms with Gasteiger partial charge in [-0.15, -0.1) is 0 Å². The van der Waals surface area contributed by atoms with Gasteiger partial charge in [-0.25, -0.2) is 19.9 Å². The predicted octanol–water partition coefficient (Wildman–Crippen LogP) is 4.20. The topological polar surface area (TPSA) is 111 Å². The average Bonchev–Trinajstić information content (AvgIpc) is 2.84. The van der Waals surface area contributed by atoms with Gasteiger partial charge < -0.3 is 14.8 Å². The first kappa shape index (κ1) is 21.4. The minimum Gasteiger partial charge on any atom is -0.493 e. The van der Waals surface area contributed by atoms with Gasteiger partial charge in [-0.05, 0) is 18.2 Å². The summed E-state index contributed by atoms with van der Waals surface area (Å²) in [6.07, 6.45) is 4.58. The van der Waals surface area contributed by atoms with Crippen molar-refractivity contribution >= 4 is 50.2 Å². The fraction of sp³-hybridized carbons (Fsp3) is 0.136. The number of rotatable bonds is 8. The maximum absolute atomic E-state index is 12.2. The molecule has 0 saturated heterocycles. The zero-order valence-corrected chi connectivity index (χ0v) is 18.7. The molecule has 0 aliphatic rings. The highest BCUT2D eigenvalue weighted by atomic mass is 79.9. The van der Waals surface area contributed by atoms with E-state index in [2.05, 4.69) is 46.5 Å². The number of carbonyl (C=O) groups excluding carboxylic acids is 1. The molecule has 2 aromatic carbocycles. The van der Waals surface area contributed by atoms with Crippen molar-refractivity contribution in [1.82, 2.24) is 19.9 Å². The minimum absolute atomic E-state index is 0.201. The van der Waals surface area contributed by atoms with E-state index in [0.717, 1.165) is 5.39 Å². The van der Waals surface area contributed by atoms with Gasteiger partial charge in [0.15, 0.2) is 11.5 Å². The van der Waals surface area contributed by atoms with E-state index in [-0.39, 0.29) is 11.9 Å². The van der Waals surface area contributed by atoms with Crippen LogP contribution < -0.4 is 20.1 Å². The SMILES string of the molecule is COc1cc2c(Nc3cnc(NC(=O)c4ccccc4)nc3)ncnc2cc1OCCBr. The molecule has 2 aromatic heterocycles. The number of hydrogen-bond donors (Lipinski definition) is 2. The summed E-state index contributed by atoms with van der Waals surface area (Å²) in [6.45, 7) is 0.503. The van der Waals surface area contributed by atoms with Gasteiger partial charge >= 0.3 is 0 Å². The molecule has 0 unspecified atom stereocenters. The molecule has 0 saturated carbocycles. The van der Waals surface area contributed by atoms with E-state index in [1.807, 2.05) is 18.2 Å². The van der Waals surface area contributed by atoms with Crippen LogP contribution >= 0.6 is 15.9 Å². The summed E-state index contributed by atoms with van der Waals surface area (Å²) in [5.41, 5.74) is 1.82. The van der Waals surface area contributed by atoms with Crippen LogP contribution in [0.25, 0.3) is 10.9 Å². The second-order valence-electron chi connectivity index (χ2n) is 6.52. The van der Waals surface area contributed by atoms with E-state index in [9.17, 15) is 4.79 Å². The number of alkyl halides is 1. The molecule has 162 valence electrons. The lowest BCUT2D eigenvalue weighted by molar-refractivity contribution is 0.102. The number of methoxy groups -OCH3 is 1. The summed E-state index contributed by atoms with van der Waals surface area (Å²) >= 11 is 3.35. The Bertz CT molecular complexity index is 1220. The lowest BCUT2D eigenvalue weighted by Crippen LogP contribution is -2.14. The van der Waals surface area contributed by atoms with E-state index >= 15 is 0 Å². The van der Waals surface area contributed by atoms with Crippen LogP contribution in [0.1, 0.15) is 10.4 Å². The predicted molar refractivity (Wildman–Crippen MR) is 125 cm³/mol. The van der Waals surface area contributed by atoms with Crippen molar-refractivity contribution in [1.29, 1.82) is 0 Å². The first-order valence-corrected chi connectivity index (χ1v) is 10.8. The molecule has 2 N–H and O–H groups in total. The smallest absolute Gasteiger partial charge is 0.258 e. The third-order valence-electron chi connectivity index (χ3n) is 4.43. The van der Waals surface area contributed by atoms with Crippen molar-refractivity contribution in [3.8, 4) is 11.5 Å². The van der Waals surface area contributed by atoms with Crippen molar-refractivity contribution in [2.24, 2.45) is 0 Å². The van der Waals surface area contributed by atoms with Crippen molar-refractivity contribution in [2.45, 2.75) is 0 Å². The maximum Gasteiger partial charge on any atom is 0.258 e. The Hall–Kier alpha value is -3.79. The number of nitrogens with zero attached hydrogens (tertiary/aromatic N) is 4. The summed E-state index contributed by atoms with van der Waals surface area (Å²) in [5.74, 6) is 1.66. The summed E-state index contributed by atoms with van der Waals surface area (Å²) in [7, 11) is 1.58. The fourth-order valence-corrected chi connectivity index (χ4v) is 3.10. The highest BCUT2D eigenvalue weighted by molar-refractivity contribution is 9.09. The fourth-order valence-electron chi connectivity index (χ4n) is 2.94. The molecule has 4 rings (SSSR count). The second kappa shape index (κ2) is 10.0. The van der Waals surface area contributed by atoms with E-state index in [1.165, 1.54) is 6.33 Å². The molecule has 9 nitrogen and oxygen atoms in total. The minimum atomic E-state index is -0.280. The Morgan fingerprint density at radius 1 is 1.03 bits per heavy atom. The largest absolute Gasteiger partial charge is 0.493 e. The molecule has 2 heterocycles. The summed E-state index contributed by atoms with van der Waals surface area (Å²) in [5, 5.41) is 7.30. The standard InChI is InChI=1S/C22H19BrN6O3/c1-31-18-9-16-17(10-19(18)32-8-7-23)26-13-27-20(16)28-15-11-24-22(25-12-15)29-21(30)14-5-3-2-4-6-14/h2-6,9-13H,7-8H2,1H3,(H,26,27,28)(H,24,25,29,30). The van der Waals surface area contributed by atoms with Gasteiger partial charge in [0, 0.05) is 22.3 Å². The number of amides is 1. The monoisotopic (exact) mass is 494 g/mol. The van der Waals surface area contributed by atoms with Gasteiger partial charge in [0.05, 0.1) is 37.3 Å². The van der Waals surface area contributed by atoms with E-state index in [1.54, 1.807) is 43.8 Å². The summed E-state index contributed by atoms with van der Waals surface area (Å²) < 4.78 is 11.2. The normalized spacial score (nSPS) is 10.6. The van der Waals surface area contributed by atoms with Crippen LogP contribution in [0.3, 0.4) is 0 Å². The second-order valence-corrected chi connectivity index (χ2v) is 7.31. The Labute approximate surface area is 192 Å². The average molecular weight is 495 g/mol. The Balaban J connectivity index is 1.53. The Kier molecular flexibility index (Phi) is 6.71. The molecular weight excluding hydrogens is 476 g/mol. The van der Waals surface area contributed by atoms with Crippen molar-refractivity contribution in [2.75, 3.05) is 29.7 Å². The third-order valence-corrected chi connectivity index (χ3v) is 4.76. The highest BCUT2D eigenvalue weighted by Gasteiger charge is 2.12. The number of fused-ring (bicyclic) bond motifs is 1. The zero-order chi connectivity index (χ0) is 22.3. The van der Waals surface area contributed by atoms with Gasteiger partial charge in [-0.1, -0.05) is 34.1 Å². The first-order chi connectivity index (χ1) is 15.7. The molecule has 0 atom stereocenters. The lowest BCUT2D eigenvalue weighted by Gasteiger charge is -2.13. The van der Waals surface area contributed by atoms with Gasteiger partial charge in [0.1, 0.15) is 12.1 Å². The number of halogens is 1. The molecule has 0 spiro atoms. The molecule has 0 fully saturated rings. The van der Waals surface area contributed by atoms with E-state index in [4.69, 9.17) is 9.47 Å². The Morgan fingerprint density at radius 2 is 1.81 bits per heavy atom. The van der Waals surface area contributed by atoms with Crippen LogP contribution in [0.5, 0.6) is 11.5 Å². The molecule has 10 heteroatoms. The van der Waals surface area contributed by atoms with E-state index < -0.39 is 0 Å². The Morgan fingerprint density at radius 3 is 2.53 bits per heavy atom. The summed E-state index contributed by atoms with van der Waals surface area (Å²) in [4.78, 5) is 29.3. The van der Waals surface area contributed by atoms with Crippen molar-refractivity contribution < 1.29 is 14.3 Å². The molecule has 0 aliphatic carbocycles. The summed E-state index contributed by atoms with van der Waals surface area (Å²) in [6, 6.07) is 12.5.